The molecular weight excluding hydrogens is 228 g/mol. The molecule has 1 aliphatic carbocycles. The van der Waals surface area contributed by atoms with Crippen molar-refractivity contribution in [3.63, 3.8) is 0 Å². The quantitative estimate of drug-likeness (QED) is 0.686. The van der Waals surface area contributed by atoms with Crippen molar-refractivity contribution in [1.29, 1.82) is 0 Å². The van der Waals surface area contributed by atoms with Crippen molar-refractivity contribution < 1.29 is 5.11 Å². The number of aromatic nitrogens is 2. The maximum Gasteiger partial charge on any atom is 0.134 e. The Balaban J connectivity index is 2.05. The Labute approximate surface area is 108 Å². The van der Waals surface area contributed by atoms with Crippen LogP contribution in [0.15, 0.2) is 6.33 Å². The molecule has 0 radical (unpaired) electrons. The van der Waals surface area contributed by atoms with Crippen LogP contribution in [-0.4, -0.2) is 35.3 Å². The summed E-state index contributed by atoms with van der Waals surface area (Å²) in [6.07, 6.45) is 5.76. The summed E-state index contributed by atoms with van der Waals surface area (Å²) in [6, 6.07) is 0. The Bertz CT molecular complexity index is 404. The van der Waals surface area contributed by atoms with Crippen molar-refractivity contribution in [2.45, 2.75) is 32.6 Å². The smallest absolute Gasteiger partial charge is 0.134 e. The van der Waals surface area contributed by atoms with Gasteiger partial charge in [0.2, 0.25) is 0 Å². The molecule has 2 rings (SSSR count). The van der Waals surface area contributed by atoms with Gasteiger partial charge in [-0.15, -0.1) is 0 Å². The molecule has 1 aromatic rings. The molecule has 0 aliphatic heterocycles. The number of aliphatic hydroxyl groups is 1. The highest BCUT2D eigenvalue weighted by Gasteiger charge is 2.41. The van der Waals surface area contributed by atoms with Crippen LogP contribution >= 0.6 is 0 Å². The van der Waals surface area contributed by atoms with Gasteiger partial charge in [-0.1, -0.05) is 6.92 Å². The first-order chi connectivity index (χ1) is 8.74. The first-order valence-corrected chi connectivity index (χ1v) is 6.61. The molecule has 0 unspecified atom stereocenters. The molecule has 1 aromatic heterocycles. The molecule has 100 valence electrons. The van der Waals surface area contributed by atoms with E-state index in [1.165, 1.54) is 12.8 Å². The molecule has 1 heterocycles. The second-order valence-electron chi connectivity index (χ2n) is 4.98. The van der Waals surface area contributed by atoms with Gasteiger partial charge in [0.05, 0.1) is 0 Å². The van der Waals surface area contributed by atoms with Crippen LogP contribution in [0.4, 0.5) is 11.6 Å². The Morgan fingerprint density at radius 3 is 2.61 bits per heavy atom. The van der Waals surface area contributed by atoms with E-state index in [0.717, 1.165) is 36.6 Å². The number of nitrogens with one attached hydrogen (secondary N) is 2. The molecule has 1 saturated carbocycles. The number of rotatable bonds is 7. The maximum atomic E-state index is 9.06. The lowest BCUT2D eigenvalue weighted by atomic mass is 10.0. The Morgan fingerprint density at radius 2 is 2.06 bits per heavy atom. The van der Waals surface area contributed by atoms with Gasteiger partial charge in [0.25, 0.3) is 0 Å². The summed E-state index contributed by atoms with van der Waals surface area (Å²) in [5, 5.41) is 15.6. The molecule has 1 aliphatic rings. The molecule has 0 bridgehead atoms. The van der Waals surface area contributed by atoms with Crippen molar-refractivity contribution in [2.75, 3.05) is 30.8 Å². The van der Waals surface area contributed by atoms with Crippen LogP contribution < -0.4 is 10.6 Å². The van der Waals surface area contributed by atoms with E-state index < -0.39 is 0 Å². The van der Waals surface area contributed by atoms with E-state index >= 15 is 0 Å². The minimum absolute atomic E-state index is 0.272. The third-order valence-corrected chi connectivity index (χ3v) is 3.77. The summed E-state index contributed by atoms with van der Waals surface area (Å²) < 4.78 is 0. The van der Waals surface area contributed by atoms with Crippen LogP contribution in [0.3, 0.4) is 0 Å². The van der Waals surface area contributed by atoms with Crippen molar-refractivity contribution >= 4 is 11.6 Å². The van der Waals surface area contributed by atoms with Crippen LogP contribution in [0.5, 0.6) is 0 Å². The summed E-state index contributed by atoms with van der Waals surface area (Å²) >= 11 is 0. The van der Waals surface area contributed by atoms with E-state index in [1.54, 1.807) is 6.33 Å². The van der Waals surface area contributed by atoms with Crippen LogP contribution in [-0.2, 0) is 6.42 Å². The van der Waals surface area contributed by atoms with Crippen LogP contribution in [0, 0.1) is 5.41 Å². The van der Waals surface area contributed by atoms with E-state index in [2.05, 4.69) is 27.5 Å². The molecule has 0 atom stereocenters. The Morgan fingerprint density at radius 1 is 1.33 bits per heavy atom. The first kappa shape index (κ1) is 13.1. The monoisotopic (exact) mass is 250 g/mol. The fraction of sp³-hybridized carbons (Fsp3) is 0.692. The topological polar surface area (TPSA) is 70.1 Å². The predicted molar refractivity (Wildman–Crippen MR) is 72.8 cm³/mol. The lowest BCUT2D eigenvalue weighted by Crippen LogP contribution is -2.18. The molecule has 0 spiro atoms. The van der Waals surface area contributed by atoms with E-state index in [1.807, 2.05) is 7.05 Å². The molecular formula is C13H22N4O. The molecule has 0 aromatic carbocycles. The molecule has 1 fully saturated rings. The van der Waals surface area contributed by atoms with Gasteiger partial charge in [-0.3, -0.25) is 0 Å². The normalized spacial score (nSPS) is 16.4. The SMILES string of the molecule is CCc1c(NC)ncnc1NCC1(CCO)CC1. The van der Waals surface area contributed by atoms with E-state index in [4.69, 9.17) is 5.11 Å². The Kier molecular flexibility index (Phi) is 4.01. The van der Waals surface area contributed by atoms with Crippen molar-refractivity contribution in [3.8, 4) is 0 Å². The minimum Gasteiger partial charge on any atom is -0.396 e. The average molecular weight is 250 g/mol. The van der Waals surface area contributed by atoms with Gasteiger partial charge in [-0.25, -0.2) is 9.97 Å². The first-order valence-electron chi connectivity index (χ1n) is 6.61. The molecule has 0 amide bonds. The number of hydrogen-bond donors (Lipinski definition) is 3. The van der Waals surface area contributed by atoms with Crippen LogP contribution in [0.2, 0.25) is 0 Å². The summed E-state index contributed by atoms with van der Waals surface area (Å²) in [7, 11) is 1.87. The number of aliphatic hydroxyl groups excluding tert-OH is 1. The molecule has 5 heteroatoms. The number of hydrogen-bond acceptors (Lipinski definition) is 5. The molecule has 0 saturated heterocycles. The van der Waals surface area contributed by atoms with E-state index in [0.29, 0.717) is 5.41 Å². The zero-order chi connectivity index (χ0) is 13.0. The van der Waals surface area contributed by atoms with Crippen LogP contribution in [0.1, 0.15) is 31.7 Å². The van der Waals surface area contributed by atoms with Gasteiger partial charge in [-0.05, 0) is 31.1 Å². The third kappa shape index (κ3) is 2.72. The van der Waals surface area contributed by atoms with Gasteiger partial charge in [-0.2, -0.15) is 0 Å². The van der Waals surface area contributed by atoms with Gasteiger partial charge >= 0.3 is 0 Å². The second-order valence-corrected chi connectivity index (χ2v) is 4.98. The van der Waals surface area contributed by atoms with Crippen molar-refractivity contribution in [2.24, 2.45) is 5.41 Å². The number of nitrogens with zero attached hydrogens (tertiary/aromatic N) is 2. The maximum absolute atomic E-state index is 9.06. The Hall–Kier alpha value is -1.36. The fourth-order valence-corrected chi connectivity index (χ4v) is 2.32. The summed E-state index contributed by atoms with van der Waals surface area (Å²) in [5.74, 6) is 1.81. The average Bonchev–Trinajstić information content (AvgIpc) is 3.16. The third-order valence-electron chi connectivity index (χ3n) is 3.77. The fourth-order valence-electron chi connectivity index (χ4n) is 2.32. The largest absolute Gasteiger partial charge is 0.396 e. The molecule has 3 N–H and O–H groups in total. The lowest BCUT2D eigenvalue weighted by molar-refractivity contribution is 0.253. The van der Waals surface area contributed by atoms with Gasteiger partial charge in [0, 0.05) is 25.8 Å². The van der Waals surface area contributed by atoms with E-state index in [9.17, 15) is 0 Å². The molecule has 18 heavy (non-hydrogen) atoms. The highest BCUT2D eigenvalue weighted by molar-refractivity contribution is 5.57. The minimum atomic E-state index is 0.272. The van der Waals surface area contributed by atoms with Crippen molar-refractivity contribution in [1.82, 2.24) is 9.97 Å². The van der Waals surface area contributed by atoms with Gasteiger partial charge < -0.3 is 15.7 Å². The zero-order valence-corrected chi connectivity index (χ0v) is 11.2. The predicted octanol–water partition coefficient (Wildman–Crippen LogP) is 1.66. The summed E-state index contributed by atoms with van der Waals surface area (Å²) in [5.41, 5.74) is 1.42. The lowest BCUT2D eigenvalue weighted by Gasteiger charge is -2.17. The second kappa shape index (κ2) is 5.52. The zero-order valence-electron chi connectivity index (χ0n) is 11.2. The van der Waals surface area contributed by atoms with E-state index in [-0.39, 0.29) is 6.61 Å². The number of anilines is 2. The van der Waals surface area contributed by atoms with Gasteiger partial charge in [0.15, 0.2) is 0 Å². The molecule has 5 nitrogen and oxygen atoms in total. The van der Waals surface area contributed by atoms with Gasteiger partial charge in [0.1, 0.15) is 18.0 Å². The van der Waals surface area contributed by atoms with Crippen LogP contribution in [0.25, 0.3) is 0 Å². The highest BCUT2D eigenvalue weighted by atomic mass is 16.3. The summed E-state index contributed by atoms with van der Waals surface area (Å²) in [6.45, 7) is 3.26. The summed E-state index contributed by atoms with van der Waals surface area (Å²) in [4.78, 5) is 8.55. The standard InChI is InChI=1S/C13H22N4O/c1-3-10-11(14-2)16-9-17-12(10)15-8-13(4-5-13)6-7-18/h9,18H,3-8H2,1-2H3,(H2,14,15,16,17). The van der Waals surface area contributed by atoms with Crippen molar-refractivity contribution in [3.05, 3.63) is 11.9 Å². The highest BCUT2D eigenvalue weighted by Crippen LogP contribution is 2.48.